The van der Waals surface area contributed by atoms with Crippen LogP contribution in [0.4, 0.5) is 4.79 Å². The zero-order valence-electron chi connectivity index (χ0n) is 12.0. The van der Waals surface area contributed by atoms with E-state index in [0.717, 1.165) is 5.56 Å². The fraction of sp³-hybridized carbons (Fsp3) is 0.500. The van der Waals surface area contributed by atoms with Crippen molar-refractivity contribution in [1.82, 2.24) is 10.3 Å². The van der Waals surface area contributed by atoms with Gasteiger partial charge in [0, 0.05) is 18.0 Å². The van der Waals surface area contributed by atoms with Crippen LogP contribution in [0, 0.1) is 6.92 Å². The summed E-state index contributed by atoms with van der Waals surface area (Å²) in [4.78, 5) is 27.1. The molecule has 0 bridgehead atoms. The summed E-state index contributed by atoms with van der Waals surface area (Å²) in [6, 6.07) is 1.80. The molecule has 0 aliphatic carbocycles. The Morgan fingerprint density at radius 1 is 1.32 bits per heavy atom. The van der Waals surface area contributed by atoms with Gasteiger partial charge in [0.2, 0.25) is 0 Å². The number of rotatable bonds is 3. The fourth-order valence-corrected chi connectivity index (χ4v) is 1.52. The molecule has 5 nitrogen and oxygen atoms in total. The van der Waals surface area contributed by atoms with E-state index in [2.05, 4.69) is 10.3 Å². The molecular weight excluding hydrogens is 244 g/mol. The normalized spacial score (nSPS) is 14.4. The van der Waals surface area contributed by atoms with Crippen LogP contribution in [0.15, 0.2) is 18.5 Å². The second-order valence-electron chi connectivity index (χ2n) is 5.70. The Morgan fingerprint density at radius 3 is 2.42 bits per heavy atom. The van der Waals surface area contributed by atoms with E-state index in [0.29, 0.717) is 11.8 Å². The lowest BCUT2D eigenvalue weighted by atomic mass is 9.94. The number of carbonyl (C=O) groups excluding carboxylic acids is 2. The average Bonchev–Trinajstić information content (AvgIpc) is 2.26. The molecule has 0 saturated heterocycles. The molecule has 1 N–H and O–H groups in total. The van der Waals surface area contributed by atoms with Crippen LogP contribution in [0.25, 0.3) is 0 Å². The SMILES string of the molecule is Cc1cncc(C(C)(C=O)NC(=O)OC(C)(C)C)c1. The first-order chi connectivity index (χ1) is 8.66. The van der Waals surface area contributed by atoms with Gasteiger partial charge in [-0.25, -0.2) is 4.79 Å². The van der Waals surface area contributed by atoms with E-state index in [1.807, 2.05) is 6.92 Å². The first-order valence-electron chi connectivity index (χ1n) is 6.06. The van der Waals surface area contributed by atoms with Gasteiger partial charge >= 0.3 is 6.09 Å². The van der Waals surface area contributed by atoms with Gasteiger partial charge < -0.3 is 14.8 Å². The topological polar surface area (TPSA) is 68.3 Å². The summed E-state index contributed by atoms with van der Waals surface area (Å²) in [7, 11) is 0. The Morgan fingerprint density at radius 2 is 1.95 bits per heavy atom. The molecule has 1 aromatic heterocycles. The smallest absolute Gasteiger partial charge is 0.408 e. The summed E-state index contributed by atoms with van der Waals surface area (Å²) in [5.74, 6) is 0. The van der Waals surface area contributed by atoms with Gasteiger partial charge in [-0.3, -0.25) is 4.98 Å². The van der Waals surface area contributed by atoms with Gasteiger partial charge in [0.05, 0.1) is 0 Å². The van der Waals surface area contributed by atoms with Crippen LogP contribution >= 0.6 is 0 Å². The summed E-state index contributed by atoms with van der Waals surface area (Å²) in [5, 5.41) is 2.57. The number of nitrogens with zero attached hydrogens (tertiary/aromatic N) is 1. The molecule has 0 radical (unpaired) electrons. The Balaban J connectivity index is 2.93. The molecule has 0 spiro atoms. The number of nitrogens with one attached hydrogen (secondary N) is 1. The Kier molecular flexibility index (Phi) is 4.29. The van der Waals surface area contributed by atoms with Crippen molar-refractivity contribution in [2.75, 3.05) is 0 Å². The summed E-state index contributed by atoms with van der Waals surface area (Å²) >= 11 is 0. The summed E-state index contributed by atoms with van der Waals surface area (Å²) in [5.41, 5.74) is -0.231. The quantitative estimate of drug-likeness (QED) is 0.851. The second-order valence-corrected chi connectivity index (χ2v) is 5.70. The minimum Gasteiger partial charge on any atom is -0.444 e. The largest absolute Gasteiger partial charge is 0.444 e. The third kappa shape index (κ3) is 4.35. The predicted octanol–water partition coefficient (Wildman–Crippen LogP) is 2.33. The molecular formula is C14H20N2O3. The summed E-state index contributed by atoms with van der Waals surface area (Å²) < 4.78 is 5.16. The van der Waals surface area contributed by atoms with E-state index in [1.165, 1.54) is 0 Å². The van der Waals surface area contributed by atoms with E-state index in [9.17, 15) is 9.59 Å². The number of aryl methyl sites for hydroxylation is 1. The number of aldehydes is 1. The van der Waals surface area contributed by atoms with Crippen LogP contribution < -0.4 is 5.32 Å². The maximum Gasteiger partial charge on any atom is 0.408 e. The highest BCUT2D eigenvalue weighted by molar-refractivity contribution is 5.77. The maximum atomic E-state index is 11.8. The Hall–Kier alpha value is -1.91. The molecule has 1 atom stereocenters. The zero-order valence-corrected chi connectivity index (χ0v) is 12.0. The van der Waals surface area contributed by atoms with Crippen molar-refractivity contribution in [1.29, 1.82) is 0 Å². The Labute approximate surface area is 113 Å². The highest BCUT2D eigenvalue weighted by atomic mass is 16.6. The van der Waals surface area contributed by atoms with Crippen molar-refractivity contribution in [3.05, 3.63) is 29.6 Å². The van der Waals surface area contributed by atoms with Crippen molar-refractivity contribution < 1.29 is 14.3 Å². The molecule has 0 aliphatic rings. The summed E-state index contributed by atoms with van der Waals surface area (Å²) in [6.07, 6.45) is 3.28. The van der Waals surface area contributed by atoms with Crippen molar-refractivity contribution in [3.63, 3.8) is 0 Å². The van der Waals surface area contributed by atoms with E-state index >= 15 is 0 Å². The van der Waals surface area contributed by atoms with Crippen molar-refractivity contribution in [2.45, 2.75) is 45.8 Å². The van der Waals surface area contributed by atoms with Crippen molar-refractivity contribution in [2.24, 2.45) is 0 Å². The van der Waals surface area contributed by atoms with Gasteiger partial charge in [-0.15, -0.1) is 0 Å². The molecule has 1 unspecified atom stereocenters. The molecule has 1 rings (SSSR count). The predicted molar refractivity (Wildman–Crippen MR) is 71.8 cm³/mol. The van der Waals surface area contributed by atoms with Gasteiger partial charge in [-0.2, -0.15) is 0 Å². The van der Waals surface area contributed by atoms with Gasteiger partial charge in [0.15, 0.2) is 0 Å². The van der Waals surface area contributed by atoms with Crippen LogP contribution in [-0.4, -0.2) is 23.0 Å². The zero-order chi connectivity index (χ0) is 14.7. The highest BCUT2D eigenvalue weighted by Gasteiger charge is 2.30. The molecule has 1 aromatic rings. The lowest BCUT2D eigenvalue weighted by Crippen LogP contribution is -2.47. The lowest BCUT2D eigenvalue weighted by Gasteiger charge is -2.27. The minimum absolute atomic E-state index is 0.612. The van der Waals surface area contributed by atoms with E-state index < -0.39 is 17.2 Å². The van der Waals surface area contributed by atoms with Gasteiger partial charge in [-0.05, 0) is 40.2 Å². The minimum atomic E-state index is -1.15. The molecule has 0 aliphatic heterocycles. The molecule has 1 amide bonds. The van der Waals surface area contributed by atoms with Gasteiger partial charge in [0.1, 0.15) is 17.4 Å². The number of amides is 1. The number of carbonyl (C=O) groups is 2. The molecule has 0 fully saturated rings. The Bertz CT molecular complexity index is 480. The first-order valence-corrected chi connectivity index (χ1v) is 6.06. The highest BCUT2D eigenvalue weighted by Crippen LogP contribution is 2.19. The molecule has 0 aromatic carbocycles. The van der Waals surface area contributed by atoms with Crippen LogP contribution in [0.3, 0.4) is 0 Å². The number of hydrogen-bond donors (Lipinski definition) is 1. The molecule has 5 heteroatoms. The molecule has 104 valence electrons. The third-order valence-electron chi connectivity index (χ3n) is 2.47. The third-order valence-corrected chi connectivity index (χ3v) is 2.47. The number of pyridine rings is 1. The number of alkyl carbamates (subject to hydrolysis) is 1. The van der Waals surface area contributed by atoms with E-state index in [1.54, 1.807) is 46.2 Å². The monoisotopic (exact) mass is 264 g/mol. The van der Waals surface area contributed by atoms with Crippen molar-refractivity contribution >= 4 is 12.4 Å². The first kappa shape index (κ1) is 15.1. The maximum absolute atomic E-state index is 11.8. The standard InChI is InChI=1S/C14H20N2O3/c1-10-6-11(8-15-7-10)14(5,9-17)16-12(18)19-13(2,3)4/h6-9H,1-5H3,(H,16,18). The molecule has 0 saturated carbocycles. The van der Waals surface area contributed by atoms with E-state index in [4.69, 9.17) is 4.74 Å². The fourth-order valence-electron chi connectivity index (χ4n) is 1.52. The summed E-state index contributed by atoms with van der Waals surface area (Å²) in [6.45, 7) is 8.77. The van der Waals surface area contributed by atoms with Gasteiger partial charge in [-0.1, -0.05) is 6.07 Å². The van der Waals surface area contributed by atoms with Crippen molar-refractivity contribution in [3.8, 4) is 0 Å². The van der Waals surface area contributed by atoms with Crippen LogP contribution in [0.2, 0.25) is 0 Å². The van der Waals surface area contributed by atoms with Gasteiger partial charge in [0.25, 0.3) is 0 Å². The number of hydrogen-bond acceptors (Lipinski definition) is 4. The number of ether oxygens (including phenoxy) is 1. The van der Waals surface area contributed by atoms with Crippen LogP contribution in [0.5, 0.6) is 0 Å². The second kappa shape index (κ2) is 5.38. The van der Waals surface area contributed by atoms with E-state index in [-0.39, 0.29) is 0 Å². The lowest BCUT2D eigenvalue weighted by molar-refractivity contribution is -0.113. The molecule has 1 heterocycles. The average molecular weight is 264 g/mol. The molecule has 19 heavy (non-hydrogen) atoms. The number of aromatic nitrogens is 1. The van der Waals surface area contributed by atoms with Crippen LogP contribution in [0.1, 0.15) is 38.8 Å². The van der Waals surface area contributed by atoms with Crippen LogP contribution in [-0.2, 0) is 15.1 Å².